The highest BCUT2D eigenvalue weighted by Gasteiger charge is 2.36. The zero-order valence-corrected chi connectivity index (χ0v) is 13.8. The zero-order chi connectivity index (χ0) is 14.8. The maximum Gasteiger partial charge on any atom is 0.123 e. The van der Waals surface area contributed by atoms with E-state index in [4.69, 9.17) is 29.6 Å². The van der Waals surface area contributed by atoms with Crippen molar-refractivity contribution in [2.45, 2.75) is 24.1 Å². The van der Waals surface area contributed by atoms with E-state index in [-0.39, 0.29) is 10.6 Å². The van der Waals surface area contributed by atoms with Crippen molar-refractivity contribution in [1.29, 1.82) is 0 Å². The number of benzene rings is 1. The number of hydrogen-bond donors (Lipinski definition) is 1. The van der Waals surface area contributed by atoms with E-state index in [2.05, 4.69) is 11.2 Å². The number of thiocarbonyl (C=S) groups is 1. The molecule has 1 aliphatic heterocycles. The molecule has 0 spiro atoms. The SMILES string of the molecule is CSC1(C(N)=S)CCN(Cc2cc(F)ccc2Cl)CC1. The van der Waals surface area contributed by atoms with Crippen LogP contribution in [0, 0.1) is 5.82 Å². The number of hydrogen-bond acceptors (Lipinski definition) is 3. The highest BCUT2D eigenvalue weighted by Crippen LogP contribution is 2.35. The average Bonchev–Trinajstić information content (AvgIpc) is 2.43. The fourth-order valence-corrected chi connectivity index (χ4v) is 3.95. The Morgan fingerprint density at radius 3 is 2.70 bits per heavy atom. The third-order valence-electron chi connectivity index (χ3n) is 3.91. The van der Waals surface area contributed by atoms with Gasteiger partial charge in [-0.05, 0) is 42.9 Å². The zero-order valence-electron chi connectivity index (χ0n) is 11.4. The Labute approximate surface area is 133 Å². The van der Waals surface area contributed by atoms with Gasteiger partial charge in [0, 0.05) is 24.7 Å². The molecule has 1 aromatic carbocycles. The van der Waals surface area contributed by atoms with E-state index in [1.165, 1.54) is 12.1 Å². The molecule has 2 rings (SSSR count). The number of halogens is 2. The van der Waals surface area contributed by atoms with Gasteiger partial charge in [-0.2, -0.15) is 11.8 Å². The molecule has 1 aromatic rings. The third kappa shape index (κ3) is 3.45. The molecule has 1 saturated heterocycles. The number of likely N-dealkylation sites (tertiary alicyclic amines) is 1. The molecule has 1 heterocycles. The molecule has 0 aliphatic carbocycles. The maximum absolute atomic E-state index is 13.3. The lowest BCUT2D eigenvalue weighted by Gasteiger charge is -2.40. The summed E-state index contributed by atoms with van der Waals surface area (Å²) >= 11 is 13.0. The molecule has 6 heteroatoms. The highest BCUT2D eigenvalue weighted by molar-refractivity contribution is 8.02. The summed E-state index contributed by atoms with van der Waals surface area (Å²) in [5.41, 5.74) is 6.71. The van der Waals surface area contributed by atoms with Gasteiger partial charge in [-0.15, -0.1) is 0 Å². The van der Waals surface area contributed by atoms with E-state index in [0.717, 1.165) is 31.5 Å². The number of nitrogens with zero attached hydrogens (tertiary/aromatic N) is 1. The van der Waals surface area contributed by atoms with E-state index >= 15 is 0 Å². The van der Waals surface area contributed by atoms with Crippen LogP contribution >= 0.6 is 35.6 Å². The predicted molar refractivity (Wildman–Crippen MR) is 89.0 cm³/mol. The normalized spacial score (nSPS) is 18.9. The fraction of sp³-hybridized carbons (Fsp3) is 0.500. The standard InChI is InChI=1S/C14H18ClFN2S2/c1-20-14(13(17)19)4-6-18(7-5-14)9-10-8-11(16)2-3-12(10)15/h2-3,8H,4-7,9H2,1H3,(H2,17,19). The quantitative estimate of drug-likeness (QED) is 0.855. The van der Waals surface area contributed by atoms with Crippen LogP contribution in [0.25, 0.3) is 0 Å². The number of nitrogens with two attached hydrogens (primary N) is 1. The molecule has 20 heavy (non-hydrogen) atoms. The van der Waals surface area contributed by atoms with Crippen molar-refractivity contribution in [3.63, 3.8) is 0 Å². The first-order valence-corrected chi connectivity index (χ1v) is 8.49. The number of thioether (sulfide) groups is 1. The van der Waals surface area contributed by atoms with Gasteiger partial charge in [0.15, 0.2) is 0 Å². The summed E-state index contributed by atoms with van der Waals surface area (Å²) < 4.78 is 13.2. The van der Waals surface area contributed by atoms with Crippen LogP contribution in [-0.2, 0) is 6.54 Å². The summed E-state index contributed by atoms with van der Waals surface area (Å²) in [7, 11) is 0. The lowest BCUT2D eigenvalue weighted by Crippen LogP contribution is -2.48. The summed E-state index contributed by atoms with van der Waals surface area (Å²) in [5.74, 6) is -0.247. The van der Waals surface area contributed by atoms with E-state index in [9.17, 15) is 4.39 Å². The summed E-state index contributed by atoms with van der Waals surface area (Å²) in [4.78, 5) is 2.86. The van der Waals surface area contributed by atoms with Gasteiger partial charge in [-0.3, -0.25) is 4.90 Å². The lowest BCUT2D eigenvalue weighted by molar-refractivity contribution is 0.212. The minimum atomic E-state index is -0.247. The topological polar surface area (TPSA) is 29.3 Å². The molecular weight excluding hydrogens is 315 g/mol. The predicted octanol–water partition coefficient (Wildman–Crippen LogP) is 3.46. The van der Waals surface area contributed by atoms with Gasteiger partial charge in [0.05, 0.1) is 9.74 Å². The van der Waals surface area contributed by atoms with E-state index in [1.54, 1.807) is 17.8 Å². The van der Waals surface area contributed by atoms with Gasteiger partial charge >= 0.3 is 0 Å². The van der Waals surface area contributed by atoms with Crippen molar-refractivity contribution >= 4 is 40.6 Å². The van der Waals surface area contributed by atoms with Crippen LogP contribution in [0.5, 0.6) is 0 Å². The van der Waals surface area contributed by atoms with Crippen LogP contribution in [0.3, 0.4) is 0 Å². The molecule has 0 radical (unpaired) electrons. The van der Waals surface area contributed by atoms with Crippen LogP contribution in [0.15, 0.2) is 18.2 Å². The van der Waals surface area contributed by atoms with Crippen LogP contribution < -0.4 is 5.73 Å². The minimum absolute atomic E-state index is 0.0857. The Bertz CT molecular complexity index is 502. The van der Waals surface area contributed by atoms with Gasteiger partial charge in [0.2, 0.25) is 0 Å². The molecule has 110 valence electrons. The second-order valence-electron chi connectivity index (χ2n) is 5.07. The first-order valence-electron chi connectivity index (χ1n) is 6.48. The molecule has 2 nitrogen and oxygen atoms in total. The molecule has 0 unspecified atom stereocenters. The summed E-state index contributed by atoms with van der Waals surface area (Å²) in [6, 6.07) is 4.50. The number of rotatable bonds is 4. The largest absolute Gasteiger partial charge is 0.392 e. The second kappa shape index (κ2) is 6.60. The Morgan fingerprint density at radius 2 is 2.15 bits per heavy atom. The second-order valence-corrected chi connectivity index (χ2v) is 7.11. The molecule has 0 amide bonds. The van der Waals surface area contributed by atoms with Crippen molar-refractivity contribution in [2.75, 3.05) is 19.3 Å². The van der Waals surface area contributed by atoms with Crippen molar-refractivity contribution in [1.82, 2.24) is 4.90 Å². The van der Waals surface area contributed by atoms with Gasteiger partial charge in [-0.25, -0.2) is 4.39 Å². The van der Waals surface area contributed by atoms with Crippen molar-refractivity contribution in [2.24, 2.45) is 5.73 Å². The van der Waals surface area contributed by atoms with E-state index in [0.29, 0.717) is 16.6 Å². The highest BCUT2D eigenvalue weighted by atomic mass is 35.5. The molecule has 2 N–H and O–H groups in total. The molecular formula is C14H18ClFN2S2. The Hall–Kier alpha value is -0.360. The first-order chi connectivity index (χ1) is 9.47. The van der Waals surface area contributed by atoms with Gasteiger partial charge in [0.1, 0.15) is 5.82 Å². The van der Waals surface area contributed by atoms with Gasteiger partial charge in [0.25, 0.3) is 0 Å². The summed E-state index contributed by atoms with van der Waals surface area (Å²) in [6.07, 6.45) is 3.91. The summed E-state index contributed by atoms with van der Waals surface area (Å²) in [5, 5.41) is 0.613. The van der Waals surface area contributed by atoms with Crippen molar-refractivity contribution < 1.29 is 4.39 Å². The monoisotopic (exact) mass is 332 g/mol. The minimum Gasteiger partial charge on any atom is -0.392 e. The molecule has 0 saturated carbocycles. The Morgan fingerprint density at radius 1 is 1.50 bits per heavy atom. The maximum atomic E-state index is 13.3. The van der Waals surface area contributed by atoms with E-state index < -0.39 is 0 Å². The lowest BCUT2D eigenvalue weighted by atomic mass is 9.95. The molecule has 0 aromatic heterocycles. The first kappa shape index (κ1) is 16.0. The van der Waals surface area contributed by atoms with Crippen molar-refractivity contribution in [3.05, 3.63) is 34.6 Å². The molecule has 1 fully saturated rings. The molecule has 0 bridgehead atoms. The summed E-state index contributed by atoms with van der Waals surface area (Å²) in [6.45, 7) is 2.45. The van der Waals surface area contributed by atoms with E-state index in [1.807, 2.05) is 0 Å². The fourth-order valence-electron chi connectivity index (χ4n) is 2.53. The van der Waals surface area contributed by atoms with Gasteiger partial charge < -0.3 is 5.73 Å². The van der Waals surface area contributed by atoms with Crippen LogP contribution in [0.4, 0.5) is 4.39 Å². The Balaban J connectivity index is 2.01. The average molecular weight is 333 g/mol. The Kier molecular flexibility index (Phi) is 5.29. The van der Waals surface area contributed by atoms with Crippen LogP contribution in [-0.4, -0.2) is 34.0 Å². The molecule has 1 aliphatic rings. The molecule has 0 atom stereocenters. The van der Waals surface area contributed by atoms with Crippen LogP contribution in [0.2, 0.25) is 5.02 Å². The smallest absolute Gasteiger partial charge is 0.123 e. The van der Waals surface area contributed by atoms with Crippen LogP contribution in [0.1, 0.15) is 18.4 Å². The third-order valence-corrected chi connectivity index (χ3v) is 6.20. The number of piperidine rings is 1. The van der Waals surface area contributed by atoms with Gasteiger partial charge in [-0.1, -0.05) is 23.8 Å². The van der Waals surface area contributed by atoms with Crippen molar-refractivity contribution in [3.8, 4) is 0 Å².